The Labute approximate surface area is 73.7 Å². The second kappa shape index (κ2) is 4.45. The van der Waals surface area contributed by atoms with Gasteiger partial charge in [-0.2, -0.15) is 0 Å². The molecule has 1 unspecified atom stereocenters. The molecule has 1 amide bonds. The normalized spacial score (nSPS) is 23.7. The molecule has 3 nitrogen and oxygen atoms in total. The Balaban J connectivity index is 2.46. The van der Waals surface area contributed by atoms with Crippen molar-refractivity contribution in [1.82, 2.24) is 4.90 Å². The fraction of sp³-hybridized carbons (Fsp3) is 0.889. The van der Waals surface area contributed by atoms with E-state index in [2.05, 4.69) is 0 Å². The average molecular weight is 171 g/mol. The fourth-order valence-electron chi connectivity index (χ4n) is 1.71. The highest BCUT2D eigenvalue weighted by Gasteiger charge is 2.21. The van der Waals surface area contributed by atoms with E-state index in [1.54, 1.807) is 6.92 Å². The van der Waals surface area contributed by atoms with Crippen LogP contribution < -0.4 is 0 Å². The molecule has 1 atom stereocenters. The molecular weight excluding hydrogens is 154 g/mol. The maximum atomic E-state index is 11.1. The molecule has 1 saturated heterocycles. The monoisotopic (exact) mass is 171 g/mol. The van der Waals surface area contributed by atoms with Crippen LogP contribution in [-0.2, 0) is 9.53 Å². The number of carbonyl (C=O) groups excluding carboxylic acids is 1. The molecule has 0 N–H and O–H groups in total. The van der Waals surface area contributed by atoms with Crippen molar-refractivity contribution in [1.29, 1.82) is 0 Å². The Hall–Kier alpha value is -0.570. The quantitative estimate of drug-likeness (QED) is 0.621. The zero-order chi connectivity index (χ0) is 8.97. The number of rotatable bonds is 2. The number of ether oxygens (including phenoxy) is 1. The van der Waals surface area contributed by atoms with E-state index < -0.39 is 0 Å². The lowest BCUT2D eigenvalue weighted by molar-refractivity contribution is -0.133. The lowest BCUT2D eigenvalue weighted by Gasteiger charge is -2.32. The van der Waals surface area contributed by atoms with Gasteiger partial charge in [0.25, 0.3) is 0 Å². The van der Waals surface area contributed by atoms with Crippen molar-refractivity contribution in [2.45, 2.75) is 32.7 Å². The molecule has 0 bridgehead atoms. The minimum Gasteiger partial charge on any atom is -0.379 e. The molecule has 1 fully saturated rings. The van der Waals surface area contributed by atoms with Crippen LogP contribution in [0, 0.1) is 0 Å². The summed E-state index contributed by atoms with van der Waals surface area (Å²) in [5.41, 5.74) is 0. The van der Waals surface area contributed by atoms with Gasteiger partial charge in [0, 0.05) is 20.1 Å². The van der Waals surface area contributed by atoms with E-state index in [0.29, 0.717) is 12.6 Å². The predicted octanol–water partition coefficient (Wildman–Crippen LogP) is 1.03. The third kappa shape index (κ3) is 2.21. The van der Waals surface area contributed by atoms with Crippen LogP contribution in [0.25, 0.3) is 0 Å². The largest absolute Gasteiger partial charge is 0.379 e. The maximum absolute atomic E-state index is 11.1. The van der Waals surface area contributed by atoms with Gasteiger partial charge >= 0.3 is 0 Å². The minimum absolute atomic E-state index is 0.160. The summed E-state index contributed by atoms with van der Waals surface area (Å²) in [6.45, 7) is 6.00. The molecule has 0 aromatic carbocycles. The summed E-state index contributed by atoms with van der Waals surface area (Å²) in [4.78, 5) is 13.0. The van der Waals surface area contributed by atoms with E-state index in [1.807, 2.05) is 11.8 Å². The van der Waals surface area contributed by atoms with Crippen molar-refractivity contribution >= 4 is 5.91 Å². The van der Waals surface area contributed by atoms with Crippen molar-refractivity contribution in [2.24, 2.45) is 0 Å². The molecule has 1 aliphatic heterocycles. The zero-order valence-electron chi connectivity index (χ0n) is 7.88. The highest BCUT2D eigenvalue weighted by molar-refractivity contribution is 5.73. The number of nitrogens with zero attached hydrogens (tertiary/aromatic N) is 1. The molecule has 0 aliphatic carbocycles. The summed E-state index contributed by atoms with van der Waals surface area (Å²) in [5, 5.41) is 0. The molecule has 1 rings (SSSR count). The maximum Gasteiger partial charge on any atom is 0.219 e. The molecule has 70 valence electrons. The van der Waals surface area contributed by atoms with Crippen molar-refractivity contribution in [3.63, 3.8) is 0 Å². The van der Waals surface area contributed by atoms with Gasteiger partial charge in [-0.05, 0) is 19.8 Å². The molecule has 3 heteroatoms. The third-order valence-corrected chi connectivity index (χ3v) is 2.32. The number of amides is 1. The Kier molecular flexibility index (Phi) is 3.53. The first-order chi connectivity index (χ1) is 5.75. The molecule has 1 heterocycles. The van der Waals surface area contributed by atoms with E-state index in [-0.39, 0.29) is 5.91 Å². The van der Waals surface area contributed by atoms with Crippen LogP contribution in [0.5, 0.6) is 0 Å². The number of likely N-dealkylation sites (N-methyl/N-ethyl adjacent to an activating group) is 1. The summed E-state index contributed by atoms with van der Waals surface area (Å²) in [7, 11) is 0. The van der Waals surface area contributed by atoms with E-state index in [1.165, 1.54) is 0 Å². The summed E-state index contributed by atoms with van der Waals surface area (Å²) in [5.74, 6) is 0.160. The first-order valence-corrected chi connectivity index (χ1v) is 4.60. The Bertz CT molecular complexity index is 153. The van der Waals surface area contributed by atoms with Crippen molar-refractivity contribution in [3.8, 4) is 0 Å². The van der Waals surface area contributed by atoms with Gasteiger partial charge in [0.2, 0.25) is 5.91 Å². The lowest BCUT2D eigenvalue weighted by Crippen LogP contribution is -2.43. The van der Waals surface area contributed by atoms with Crippen LogP contribution in [0.2, 0.25) is 0 Å². The SMILES string of the molecule is CCN(C(C)=O)C1CCCOC1. The van der Waals surface area contributed by atoms with Gasteiger partial charge in [0.1, 0.15) is 0 Å². The average Bonchev–Trinajstić information content (AvgIpc) is 2.07. The molecule has 0 spiro atoms. The molecule has 1 aliphatic rings. The molecule has 12 heavy (non-hydrogen) atoms. The van der Waals surface area contributed by atoms with Crippen LogP contribution in [0.3, 0.4) is 0 Å². The topological polar surface area (TPSA) is 29.5 Å². The highest BCUT2D eigenvalue weighted by Crippen LogP contribution is 2.12. The zero-order valence-corrected chi connectivity index (χ0v) is 7.88. The molecule has 0 saturated carbocycles. The van der Waals surface area contributed by atoms with E-state index in [9.17, 15) is 4.79 Å². The smallest absolute Gasteiger partial charge is 0.219 e. The predicted molar refractivity (Wildman–Crippen MR) is 46.9 cm³/mol. The van der Waals surface area contributed by atoms with Gasteiger partial charge in [-0.3, -0.25) is 4.79 Å². The Morgan fingerprint density at radius 3 is 2.83 bits per heavy atom. The van der Waals surface area contributed by atoms with Gasteiger partial charge < -0.3 is 9.64 Å². The van der Waals surface area contributed by atoms with Crippen LogP contribution in [0.1, 0.15) is 26.7 Å². The van der Waals surface area contributed by atoms with Crippen LogP contribution in [-0.4, -0.2) is 36.6 Å². The summed E-state index contributed by atoms with van der Waals surface area (Å²) < 4.78 is 5.32. The fourth-order valence-corrected chi connectivity index (χ4v) is 1.71. The lowest BCUT2D eigenvalue weighted by atomic mass is 10.1. The van der Waals surface area contributed by atoms with Gasteiger partial charge in [-0.15, -0.1) is 0 Å². The van der Waals surface area contributed by atoms with Crippen LogP contribution >= 0.6 is 0 Å². The van der Waals surface area contributed by atoms with E-state index in [4.69, 9.17) is 4.74 Å². The summed E-state index contributed by atoms with van der Waals surface area (Å²) in [6, 6.07) is 0.321. The van der Waals surface area contributed by atoms with Gasteiger partial charge in [0.15, 0.2) is 0 Å². The molecule has 0 aromatic heterocycles. The summed E-state index contributed by atoms with van der Waals surface area (Å²) in [6.07, 6.45) is 2.17. The van der Waals surface area contributed by atoms with Gasteiger partial charge in [-0.1, -0.05) is 0 Å². The Morgan fingerprint density at radius 1 is 1.67 bits per heavy atom. The first-order valence-electron chi connectivity index (χ1n) is 4.60. The van der Waals surface area contributed by atoms with E-state index >= 15 is 0 Å². The third-order valence-electron chi connectivity index (χ3n) is 2.32. The van der Waals surface area contributed by atoms with Gasteiger partial charge in [0.05, 0.1) is 12.6 Å². The minimum atomic E-state index is 0.160. The highest BCUT2D eigenvalue weighted by atomic mass is 16.5. The van der Waals surface area contributed by atoms with Crippen LogP contribution in [0.15, 0.2) is 0 Å². The van der Waals surface area contributed by atoms with Gasteiger partial charge in [-0.25, -0.2) is 0 Å². The second-order valence-electron chi connectivity index (χ2n) is 3.18. The molecule has 0 aromatic rings. The van der Waals surface area contributed by atoms with Crippen molar-refractivity contribution in [2.75, 3.05) is 19.8 Å². The Morgan fingerprint density at radius 2 is 2.42 bits per heavy atom. The first kappa shape index (κ1) is 9.52. The second-order valence-corrected chi connectivity index (χ2v) is 3.18. The number of hydrogen-bond acceptors (Lipinski definition) is 2. The molecule has 0 radical (unpaired) electrons. The molecular formula is C9H17NO2. The number of hydrogen-bond donors (Lipinski definition) is 0. The van der Waals surface area contributed by atoms with Crippen LogP contribution in [0.4, 0.5) is 0 Å². The van der Waals surface area contributed by atoms with E-state index in [0.717, 1.165) is 26.0 Å². The van der Waals surface area contributed by atoms with Crippen molar-refractivity contribution in [3.05, 3.63) is 0 Å². The summed E-state index contributed by atoms with van der Waals surface area (Å²) >= 11 is 0. The standard InChI is InChI=1S/C9H17NO2/c1-3-10(8(2)11)9-5-4-6-12-7-9/h9H,3-7H2,1-2H3. The van der Waals surface area contributed by atoms with Crippen molar-refractivity contribution < 1.29 is 9.53 Å². The number of carbonyl (C=O) groups is 1.